The molecule has 0 atom stereocenters. The number of hydrogen-bond donors (Lipinski definition) is 1. The minimum Gasteiger partial charge on any atom is -0.247 e. The summed E-state index contributed by atoms with van der Waals surface area (Å²) in [7, 11) is 1.31. The molecular weight excluding hydrogens is 206 g/mol. The summed E-state index contributed by atoms with van der Waals surface area (Å²) in [6.45, 7) is 2.12. The number of hydrogen-bond acceptors (Lipinski definition) is 4. The molecule has 0 spiro atoms. The van der Waals surface area contributed by atoms with Gasteiger partial charge in [0.25, 0.3) is 0 Å². The normalized spacial score (nSPS) is 10.5. The summed E-state index contributed by atoms with van der Waals surface area (Å²) in [5, 5.41) is 0. The van der Waals surface area contributed by atoms with E-state index in [-0.39, 0.29) is 6.54 Å². The van der Waals surface area contributed by atoms with Crippen LogP contribution in [0.1, 0.15) is 13.3 Å². The highest BCUT2D eigenvalue weighted by Crippen LogP contribution is 1.79. The Labute approximate surface area is 85.0 Å². The van der Waals surface area contributed by atoms with Gasteiger partial charge in [-0.05, 0) is 6.42 Å². The zero-order valence-corrected chi connectivity index (χ0v) is 8.82. The van der Waals surface area contributed by atoms with Crippen LogP contribution in [-0.4, -0.2) is 13.1 Å². The largest absolute Gasteiger partial charge is 0.346 e. The Balaban J connectivity index is 3.70. The molecule has 1 heterocycles. The highest BCUT2D eigenvalue weighted by Gasteiger charge is 2.09. The van der Waals surface area contributed by atoms with E-state index in [1.807, 2.05) is 6.92 Å². The van der Waals surface area contributed by atoms with E-state index >= 15 is 0 Å². The first kappa shape index (κ1) is 10.8. The molecule has 78 valence electrons. The van der Waals surface area contributed by atoms with Gasteiger partial charge in [-0.25, -0.2) is 23.5 Å². The third-order valence-corrected chi connectivity index (χ3v) is 2.19. The number of aromatic nitrogens is 3. The van der Waals surface area contributed by atoms with Crippen LogP contribution < -0.4 is 17.1 Å². The molecule has 1 rings (SSSR count). The van der Waals surface area contributed by atoms with Gasteiger partial charge in [-0.2, -0.15) is 3.97 Å². The fraction of sp³-hybridized carbons (Fsp3) is 0.571. The van der Waals surface area contributed by atoms with Crippen molar-refractivity contribution in [2.75, 3.05) is 0 Å². The smallest absolute Gasteiger partial charge is 0.247 e. The number of rotatable bonds is 2. The van der Waals surface area contributed by atoms with Crippen molar-refractivity contribution in [1.82, 2.24) is 13.1 Å². The van der Waals surface area contributed by atoms with Crippen LogP contribution in [0.5, 0.6) is 0 Å². The average molecular weight is 217 g/mol. The predicted octanol–water partition coefficient (Wildman–Crippen LogP) is -1.19. The lowest BCUT2D eigenvalue weighted by molar-refractivity contribution is 0.534. The SMILES string of the molecule is CCCn1c(=O)n(C)c(=O)n(S)c1=O. The van der Waals surface area contributed by atoms with Crippen LogP contribution in [0.15, 0.2) is 14.4 Å². The zero-order chi connectivity index (χ0) is 10.9. The molecule has 0 aliphatic rings. The lowest BCUT2D eigenvalue weighted by Gasteiger charge is -2.06. The molecule has 0 unspecified atom stereocenters. The first-order valence-corrected chi connectivity index (χ1v) is 4.52. The minimum atomic E-state index is -0.726. The van der Waals surface area contributed by atoms with Crippen molar-refractivity contribution < 1.29 is 0 Å². The fourth-order valence-corrected chi connectivity index (χ4v) is 1.34. The van der Waals surface area contributed by atoms with E-state index in [0.717, 1.165) is 9.13 Å². The van der Waals surface area contributed by atoms with E-state index in [4.69, 9.17) is 0 Å². The Morgan fingerprint density at radius 3 is 2.21 bits per heavy atom. The molecule has 1 aromatic rings. The molecule has 14 heavy (non-hydrogen) atoms. The topological polar surface area (TPSA) is 66.0 Å². The number of nitrogens with zero attached hydrogens (tertiary/aromatic N) is 3. The van der Waals surface area contributed by atoms with Gasteiger partial charge in [0.1, 0.15) is 0 Å². The Kier molecular flexibility index (Phi) is 3.00. The van der Waals surface area contributed by atoms with Crippen molar-refractivity contribution in [3.8, 4) is 0 Å². The lowest BCUT2D eigenvalue weighted by Crippen LogP contribution is -2.51. The molecule has 0 N–H and O–H groups in total. The lowest BCUT2D eigenvalue weighted by atomic mass is 10.5. The van der Waals surface area contributed by atoms with Gasteiger partial charge in [-0.15, -0.1) is 0 Å². The van der Waals surface area contributed by atoms with Gasteiger partial charge < -0.3 is 0 Å². The Hall–Kier alpha value is -1.24. The second-order valence-electron chi connectivity index (χ2n) is 2.87. The van der Waals surface area contributed by atoms with Crippen LogP contribution in [0, 0.1) is 0 Å². The van der Waals surface area contributed by atoms with Crippen molar-refractivity contribution in [3.05, 3.63) is 31.5 Å². The Morgan fingerprint density at radius 1 is 1.14 bits per heavy atom. The van der Waals surface area contributed by atoms with E-state index in [9.17, 15) is 14.4 Å². The van der Waals surface area contributed by atoms with Crippen LogP contribution in [0.4, 0.5) is 0 Å². The Morgan fingerprint density at radius 2 is 1.71 bits per heavy atom. The van der Waals surface area contributed by atoms with Crippen molar-refractivity contribution in [1.29, 1.82) is 0 Å². The summed E-state index contributed by atoms with van der Waals surface area (Å²) < 4.78 is 2.45. The zero-order valence-electron chi connectivity index (χ0n) is 7.93. The predicted molar refractivity (Wildman–Crippen MR) is 54.9 cm³/mol. The highest BCUT2D eigenvalue weighted by atomic mass is 32.1. The molecule has 0 amide bonds. The maximum atomic E-state index is 11.4. The van der Waals surface area contributed by atoms with Crippen LogP contribution in [0.2, 0.25) is 0 Å². The second kappa shape index (κ2) is 3.87. The van der Waals surface area contributed by atoms with Crippen LogP contribution in [-0.2, 0) is 13.6 Å². The van der Waals surface area contributed by atoms with Crippen LogP contribution in [0.3, 0.4) is 0 Å². The third-order valence-electron chi connectivity index (χ3n) is 1.85. The molecule has 0 saturated carbocycles. The van der Waals surface area contributed by atoms with Gasteiger partial charge in [0.15, 0.2) is 0 Å². The monoisotopic (exact) mass is 217 g/mol. The first-order chi connectivity index (χ1) is 6.50. The molecule has 0 radical (unpaired) electrons. The fourth-order valence-electron chi connectivity index (χ4n) is 1.10. The molecule has 0 bridgehead atoms. The van der Waals surface area contributed by atoms with Gasteiger partial charge in [-0.3, -0.25) is 0 Å². The molecule has 7 heteroatoms. The quantitative estimate of drug-likeness (QED) is 0.634. The van der Waals surface area contributed by atoms with Gasteiger partial charge in [0.2, 0.25) is 0 Å². The van der Waals surface area contributed by atoms with E-state index < -0.39 is 17.1 Å². The maximum absolute atomic E-state index is 11.4. The molecular formula is C7H11N3O3S. The van der Waals surface area contributed by atoms with Crippen molar-refractivity contribution in [2.45, 2.75) is 19.9 Å². The maximum Gasteiger partial charge on any atom is 0.346 e. The highest BCUT2D eigenvalue weighted by molar-refractivity contribution is 7.78. The molecule has 6 nitrogen and oxygen atoms in total. The molecule has 0 aliphatic heterocycles. The van der Waals surface area contributed by atoms with Gasteiger partial charge >= 0.3 is 17.1 Å². The first-order valence-electron chi connectivity index (χ1n) is 4.12. The molecule has 0 fully saturated rings. The number of thiol groups is 1. The summed E-state index contributed by atoms with van der Waals surface area (Å²) in [5.41, 5.74) is -2.02. The summed E-state index contributed by atoms with van der Waals surface area (Å²) in [5.74, 6) is 0. The van der Waals surface area contributed by atoms with Crippen molar-refractivity contribution >= 4 is 12.8 Å². The average Bonchev–Trinajstić information content (AvgIpc) is 2.19. The van der Waals surface area contributed by atoms with E-state index in [0.29, 0.717) is 10.4 Å². The van der Waals surface area contributed by atoms with Crippen molar-refractivity contribution in [3.63, 3.8) is 0 Å². The summed E-state index contributed by atoms with van der Waals surface area (Å²) >= 11 is 3.70. The van der Waals surface area contributed by atoms with Crippen LogP contribution in [0.25, 0.3) is 0 Å². The van der Waals surface area contributed by atoms with E-state index in [1.54, 1.807) is 0 Å². The van der Waals surface area contributed by atoms with E-state index in [1.165, 1.54) is 7.05 Å². The Bertz CT molecular complexity index is 470. The van der Waals surface area contributed by atoms with Gasteiger partial charge in [0.05, 0.1) is 0 Å². The van der Waals surface area contributed by atoms with E-state index in [2.05, 4.69) is 12.8 Å². The minimum absolute atomic E-state index is 0.284. The standard InChI is InChI=1S/C7H11N3O3S/c1-3-4-9-5(11)8(2)6(12)10(14)7(9)13/h14H,3-4H2,1-2H3. The molecule has 0 aromatic carbocycles. The summed E-state index contributed by atoms with van der Waals surface area (Å²) in [6, 6.07) is 0. The van der Waals surface area contributed by atoms with Gasteiger partial charge in [0, 0.05) is 13.6 Å². The molecule has 0 saturated heterocycles. The van der Waals surface area contributed by atoms with Crippen LogP contribution >= 0.6 is 12.8 Å². The second-order valence-corrected chi connectivity index (χ2v) is 3.27. The summed E-state index contributed by atoms with van der Waals surface area (Å²) in [6.07, 6.45) is 0.640. The molecule has 1 aromatic heterocycles. The van der Waals surface area contributed by atoms with Gasteiger partial charge in [-0.1, -0.05) is 19.7 Å². The third kappa shape index (κ3) is 1.54. The van der Waals surface area contributed by atoms with Crippen molar-refractivity contribution in [2.24, 2.45) is 7.05 Å². The molecule has 0 aliphatic carbocycles. The summed E-state index contributed by atoms with van der Waals surface area (Å²) in [4.78, 5) is 34.0.